The van der Waals surface area contributed by atoms with Gasteiger partial charge in [-0.25, -0.2) is 0 Å². The van der Waals surface area contributed by atoms with Crippen LogP contribution in [0.25, 0.3) is 0 Å². The lowest BCUT2D eigenvalue weighted by atomic mass is 10.2. The van der Waals surface area contributed by atoms with Crippen LogP contribution in [0.5, 0.6) is 0 Å². The molecule has 0 saturated carbocycles. The van der Waals surface area contributed by atoms with E-state index >= 15 is 0 Å². The molecule has 0 spiro atoms. The maximum absolute atomic E-state index is 11.9. The Kier molecular flexibility index (Phi) is 10.6. The van der Waals surface area contributed by atoms with Gasteiger partial charge in [-0.2, -0.15) is 0 Å². The van der Waals surface area contributed by atoms with Crippen LogP contribution in [0.4, 0.5) is 0 Å². The molecule has 22 heavy (non-hydrogen) atoms. The highest BCUT2D eigenvalue weighted by Crippen LogP contribution is 2.09. The lowest BCUT2D eigenvalue weighted by molar-refractivity contribution is -0.122. The van der Waals surface area contributed by atoms with Gasteiger partial charge < -0.3 is 16.0 Å². The molecule has 1 aromatic carbocycles. The maximum atomic E-state index is 11.9. The lowest BCUT2D eigenvalue weighted by Gasteiger charge is -2.14. The molecule has 1 aromatic rings. The number of carbonyl (C=O) groups is 2. The third-order valence-corrected chi connectivity index (χ3v) is 3.13. The number of rotatable bonds is 8. The van der Waals surface area contributed by atoms with Crippen molar-refractivity contribution in [1.29, 1.82) is 0 Å². The molecular formula is C15H23Cl2N3O2. The van der Waals surface area contributed by atoms with E-state index in [1.807, 2.05) is 0 Å². The van der Waals surface area contributed by atoms with Gasteiger partial charge in [0, 0.05) is 23.7 Å². The Bertz CT molecular complexity index is 466. The zero-order valence-corrected chi connectivity index (χ0v) is 14.4. The molecule has 0 radical (unpaired) electrons. The highest BCUT2D eigenvalue weighted by atomic mass is 35.5. The standard InChI is InChI=1S/C15H22ClN3O2.ClH/c1-3-8-17-9-10-18-14(20)11(2)19-15(21)12-4-6-13(16)7-5-12;/h4-7,11,17H,3,8-10H2,1-2H3,(H,18,20)(H,19,21);1H. The van der Waals surface area contributed by atoms with Crippen molar-refractivity contribution in [2.75, 3.05) is 19.6 Å². The van der Waals surface area contributed by atoms with Crippen LogP contribution in [0.1, 0.15) is 30.6 Å². The third-order valence-electron chi connectivity index (χ3n) is 2.88. The summed E-state index contributed by atoms with van der Waals surface area (Å²) in [4.78, 5) is 23.8. The molecule has 5 nitrogen and oxygen atoms in total. The van der Waals surface area contributed by atoms with Gasteiger partial charge in [0.1, 0.15) is 6.04 Å². The molecule has 7 heteroatoms. The Labute approximate surface area is 142 Å². The Hall–Kier alpha value is -1.30. The third kappa shape index (κ3) is 7.64. The van der Waals surface area contributed by atoms with Gasteiger partial charge in [0.25, 0.3) is 5.91 Å². The Morgan fingerprint density at radius 2 is 1.77 bits per heavy atom. The zero-order chi connectivity index (χ0) is 15.7. The first-order valence-corrected chi connectivity index (χ1v) is 7.47. The van der Waals surface area contributed by atoms with E-state index in [0.717, 1.165) is 19.5 Å². The van der Waals surface area contributed by atoms with Gasteiger partial charge in [0.2, 0.25) is 5.91 Å². The molecular weight excluding hydrogens is 325 g/mol. The second-order valence-electron chi connectivity index (χ2n) is 4.74. The Morgan fingerprint density at radius 3 is 2.36 bits per heavy atom. The van der Waals surface area contributed by atoms with Crippen molar-refractivity contribution in [2.24, 2.45) is 0 Å². The number of benzene rings is 1. The molecule has 1 atom stereocenters. The van der Waals surface area contributed by atoms with Crippen molar-refractivity contribution in [3.8, 4) is 0 Å². The van der Waals surface area contributed by atoms with Gasteiger partial charge in [-0.15, -0.1) is 12.4 Å². The van der Waals surface area contributed by atoms with Crippen LogP contribution in [0.2, 0.25) is 5.02 Å². The molecule has 1 unspecified atom stereocenters. The van der Waals surface area contributed by atoms with Crippen LogP contribution in [0.3, 0.4) is 0 Å². The predicted molar refractivity (Wildman–Crippen MR) is 91.8 cm³/mol. The molecule has 0 heterocycles. The van der Waals surface area contributed by atoms with Crippen molar-refractivity contribution in [2.45, 2.75) is 26.3 Å². The number of nitrogens with one attached hydrogen (secondary N) is 3. The van der Waals surface area contributed by atoms with Crippen molar-refractivity contribution in [3.05, 3.63) is 34.9 Å². The topological polar surface area (TPSA) is 70.2 Å². The van der Waals surface area contributed by atoms with Gasteiger partial charge in [0.05, 0.1) is 0 Å². The number of amides is 2. The average Bonchev–Trinajstić information content (AvgIpc) is 2.47. The summed E-state index contributed by atoms with van der Waals surface area (Å²) in [6.07, 6.45) is 1.06. The second-order valence-corrected chi connectivity index (χ2v) is 5.18. The van der Waals surface area contributed by atoms with Crippen molar-refractivity contribution >= 4 is 35.8 Å². The molecule has 124 valence electrons. The van der Waals surface area contributed by atoms with E-state index < -0.39 is 6.04 Å². The molecule has 2 amide bonds. The minimum absolute atomic E-state index is 0. The Morgan fingerprint density at radius 1 is 1.14 bits per heavy atom. The van der Waals surface area contributed by atoms with Crippen LogP contribution in [0, 0.1) is 0 Å². The van der Waals surface area contributed by atoms with Crippen molar-refractivity contribution in [3.63, 3.8) is 0 Å². The van der Waals surface area contributed by atoms with Crippen LogP contribution < -0.4 is 16.0 Å². The van der Waals surface area contributed by atoms with E-state index in [2.05, 4.69) is 22.9 Å². The van der Waals surface area contributed by atoms with Gasteiger partial charge in [-0.05, 0) is 44.2 Å². The SMILES string of the molecule is CCCNCCNC(=O)C(C)NC(=O)c1ccc(Cl)cc1.Cl. The number of hydrogen-bond acceptors (Lipinski definition) is 3. The minimum Gasteiger partial charge on any atom is -0.353 e. The molecule has 0 aromatic heterocycles. The average molecular weight is 348 g/mol. The molecule has 0 aliphatic heterocycles. The molecule has 0 fully saturated rings. The largest absolute Gasteiger partial charge is 0.353 e. The summed E-state index contributed by atoms with van der Waals surface area (Å²) in [5.74, 6) is -0.492. The predicted octanol–water partition coefficient (Wildman–Crippen LogP) is 2.00. The van der Waals surface area contributed by atoms with Gasteiger partial charge in [-0.1, -0.05) is 18.5 Å². The molecule has 0 aliphatic carbocycles. The lowest BCUT2D eigenvalue weighted by Crippen LogP contribution is -2.46. The molecule has 1 rings (SSSR count). The quantitative estimate of drug-likeness (QED) is 0.630. The van der Waals surface area contributed by atoms with E-state index in [-0.39, 0.29) is 24.2 Å². The monoisotopic (exact) mass is 347 g/mol. The summed E-state index contributed by atoms with van der Waals surface area (Å²) in [5, 5.41) is 9.18. The van der Waals surface area contributed by atoms with E-state index in [0.29, 0.717) is 17.1 Å². The highest BCUT2D eigenvalue weighted by molar-refractivity contribution is 6.30. The zero-order valence-electron chi connectivity index (χ0n) is 12.8. The number of halogens is 2. The van der Waals surface area contributed by atoms with E-state index in [1.54, 1.807) is 31.2 Å². The van der Waals surface area contributed by atoms with Crippen LogP contribution in [-0.4, -0.2) is 37.5 Å². The van der Waals surface area contributed by atoms with Gasteiger partial charge in [0.15, 0.2) is 0 Å². The van der Waals surface area contributed by atoms with Crippen LogP contribution >= 0.6 is 24.0 Å². The molecule has 3 N–H and O–H groups in total. The normalized spacial score (nSPS) is 11.2. The minimum atomic E-state index is -0.584. The van der Waals surface area contributed by atoms with E-state index in [9.17, 15) is 9.59 Å². The summed E-state index contributed by atoms with van der Waals surface area (Å²) in [7, 11) is 0. The smallest absolute Gasteiger partial charge is 0.251 e. The number of hydrogen-bond donors (Lipinski definition) is 3. The Balaban J connectivity index is 0.00000441. The summed E-state index contributed by atoms with van der Waals surface area (Å²) in [6, 6.07) is 5.94. The molecule has 0 aliphatic rings. The van der Waals surface area contributed by atoms with Crippen molar-refractivity contribution in [1.82, 2.24) is 16.0 Å². The van der Waals surface area contributed by atoms with Crippen LogP contribution in [0.15, 0.2) is 24.3 Å². The summed E-state index contributed by atoms with van der Waals surface area (Å²) < 4.78 is 0. The first-order chi connectivity index (χ1) is 10.0. The highest BCUT2D eigenvalue weighted by Gasteiger charge is 2.15. The van der Waals surface area contributed by atoms with Crippen molar-refractivity contribution < 1.29 is 9.59 Å². The second kappa shape index (κ2) is 11.3. The van der Waals surface area contributed by atoms with Gasteiger partial charge >= 0.3 is 0 Å². The van der Waals surface area contributed by atoms with E-state index in [1.165, 1.54) is 0 Å². The fraction of sp³-hybridized carbons (Fsp3) is 0.467. The maximum Gasteiger partial charge on any atom is 0.251 e. The summed E-state index contributed by atoms with van der Waals surface area (Å²) >= 11 is 5.76. The van der Waals surface area contributed by atoms with Crippen LogP contribution in [-0.2, 0) is 4.79 Å². The fourth-order valence-corrected chi connectivity index (χ4v) is 1.80. The fourth-order valence-electron chi connectivity index (χ4n) is 1.68. The summed E-state index contributed by atoms with van der Waals surface area (Å²) in [6.45, 7) is 5.93. The van der Waals surface area contributed by atoms with Gasteiger partial charge in [-0.3, -0.25) is 9.59 Å². The summed E-state index contributed by atoms with van der Waals surface area (Å²) in [5.41, 5.74) is 0.476. The molecule has 0 bridgehead atoms. The first kappa shape index (κ1) is 20.7. The molecule has 0 saturated heterocycles. The first-order valence-electron chi connectivity index (χ1n) is 7.09. The van der Waals surface area contributed by atoms with E-state index in [4.69, 9.17) is 11.6 Å². The number of carbonyl (C=O) groups excluding carboxylic acids is 2.